The molecule has 1 atom stereocenters. The van der Waals surface area contributed by atoms with E-state index in [1.165, 1.54) is 0 Å². The molecule has 1 aliphatic heterocycles. The zero-order valence-electron chi connectivity index (χ0n) is 14.5. The number of carbonyl (C=O) groups is 1. The summed E-state index contributed by atoms with van der Waals surface area (Å²) in [6.45, 7) is 6.30. The van der Waals surface area contributed by atoms with Gasteiger partial charge in [-0.05, 0) is 28.1 Å². The van der Waals surface area contributed by atoms with Crippen LogP contribution in [-0.2, 0) is 17.9 Å². The van der Waals surface area contributed by atoms with Crippen LogP contribution in [0.25, 0.3) is 0 Å². The highest BCUT2D eigenvalue weighted by atomic mass is 79.9. The Labute approximate surface area is 172 Å². The van der Waals surface area contributed by atoms with Crippen molar-refractivity contribution in [3.05, 3.63) is 50.7 Å². The van der Waals surface area contributed by atoms with Gasteiger partial charge in [0.1, 0.15) is 0 Å². The summed E-state index contributed by atoms with van der Waals surface area (Å²) >= 11 is 15.9. The first-order valence-electron chi connectivity index (χ1n) is 8.56. The van der Waals surface area contributed by atoms with Gasteiger partial charge >= 0.3 is 0 Å². The van der Waals surface area contributed by atoms with Crippen molar-refractivity contribution in [2.45, 2.75) is 20.0 Å². The molecule has 2 heterocycles. The van der Waals surface area contributed by atoms with Crippen molar-refractivity contribution >= 4 is 45.0 Å². The Bertz CT molecular complexity index is 754. The van der Waals surface area contributed by atoms with Crippen LogP contribution in [0.15, 0.2) is 35.1 Å². The average molecular weight is 460 g/mol. The fourth-order valence-electron chi connectivity index (χ4n) is 3.14. The Balaban J connectivity index is 1.52. The molecule has 5 nitrogen and oxygen atoms in total. The van der Waals surface area contributed by atoms with Crippen molar-refractivity contribution in [1.82, 2.24) is 19.6 Å². The second-order valence-corrected chi connectivity index (χ2v) is 8.31. The summed E-state index contributed by atoms with van der Waals surface area (Å²) in [5.74, 6) is 0.0680. The zero-order valence-corrected chi connectivity index (χ0v) is 17.6. The quantitative estimate of drug-likeness (QED) is 0.680. The number of aromatic nitrogens is 2. The number of hydrogen-bond acceptors (Lipinski definition) is 3. The summed E-state index contributed by atoms with van der Waals surface area (Å²) in [6.07, 6.45) is 3.62. The van der Waals surface area contributed by atoms with Gasteiger partial charge in [0, 0.05) is 54.5 Å². The van der Waals surface area contributed by atoms with Gasteiger partial charge in [0.2, 0.25) is 5.91 Å². The van der Waals surface area contributed by atoms with Gasteiger partial charge in [0.25, 0.3) is 0 Å². The van der Waals surface area contributed by atoms with Crippen LogP contribution in [0, 0.1) is 5.92 Å². The lowest BCUT2D eigenvalue weighted by molar-refractivity contribution is -0.137. The minimum Gasteiger partial charge on any atom is -0.340 e. The molecule has 0 spiro atoms. The summed E-state index contributed by atoms with van der Waals surface area (Å²) in [7, 11) is 0. The molecular formula is C18H21BrCl2N4O. The van der Waals surface area contributed by atoms with Gasteiger partial charge in [-0.25, -0.2) is 0 Å². The first-order valence-corrected chi connectivity index (χ1v) is 10.1. The smallest absolute Gasteiger partial charge is 0.227 e. The molecule has 1 aromatic carbocycles. The highest BCUT2D eigenvalue weighted by Crippen LogP contribution is 2.26. The van der Waals surface area contributed by atoms with E-state index >= 15 is 0 Å². The van der Waals surface area contributed by atoms with Gasteiger partial charge in [-0.3, -0.25) is 14.4 Å². The standard InChI is InChI=1S/C18H21BrCl2N4O/c1-13(10-25-11-14(19)9-22-25)18(26)24-7-5-23(6-8-24)12-15-16(20)3-2-4-17(15)21/h2-4,9,11,13H,5-8,10,12H2,1H3. The number of rotatable bonds is 5. The van der Waals surface area contributed by atoms with E-state index in [4.69, 9.17) is 23.2 Å². The molecule has 0 saturated carbocycles. The van der Waals surface area contributed by atoms with Crippen molar-refractivity contribution in [2.24, 2.45) is 5.92 Å². The van der Waals surface area contributed by atoms with Crippen molar-refractivity contribution in [1.29, 1.82) is 0 Å². The molecule has 1 aromatic heterocycles. The largest absolute Gasteiger partial charge is 0.340 e. The summed E-state index contributed by atoms with van der Waals surface area (Å²) < 4.78 is 2.71. The third kappa shape index (κ3) is 4.80. The van der Waals surface area contributed by atoms with Crippen LogP contribution in [-0.4, -0.2) is 51.7 Å². The van der Waals surface area contributed by atoms with E-state index in [1.807, 2.05) is 36.2 Å². The van der Waals surface area contributed by atoms with Crippen LogP contribution in [0.2, 0.25) is 10.0 Å². The molecule has 1 fully saturated rings. The maximum atomic E-state index is 12.7. The number of amides is 1. The Hall–Kier alpha value is -1.08. The minimum absolute atomic E-state index is 0.105. The summed E-state index contributed by atoms with van der Waals surface area (Å²) in [5.41, 5.74) is 0.952. The van der Waals surface area contributed by atoms with Crippen molar-refractivity contribution < 1.29 is 4.79 Å². The van der Waals surface area contributed by atoms with Gasteiger partial charge in [-0.2, -0.15) is 5.10 Å². The van der Waals surface area contributed by atoms with E-state index in [2.05, 4.69) is 25.9 Å². The lowest BCUT2D eigenvalue weighted by Crippen LogP contribution is -2.50. The Morgan fingerprint density at radius 1 is 1.23 bits per heavy atom. The molecular weight excluding hydrogens is 439 g/mol. The number of carbonyl (C=O) groups excluding carboxylic acids is 1. The molecule has 1 aliphatic rings. The van der Waals surface area contributed by atoms with Crippen LogP contribution in [0.4, 0.5) is 0 Å². The second-order valence-electron chi connectivity index (χ2n) is 6.58. The van der Waals surface area contributed by atoms with Crippen molar-refractivity contribution in [2.75, 3.05) is 26.2 Å². The third-order valence-electron chi connectivity index (χ3n) is 4.61. The number of nitrogens with zero attached hydrogens (tertiary/aromatic N) is 4. The van der Waals surface area contributed by atoms with Crippen LogP contribution in [0.1, 0.15) is 12.5 Å². The lowest BCUT2D eigenvalue weighted by atomic mass is 10.1. The fourth-order valence-corrected chi connectivity index (χ4v) is 3.99. The minimum atomic E-state index is -0.105. The van der Waals surface area contributed by atoms with E-state index in [1.54, 1.807) is 10.9 Å². The maximum Gasteiger partial charge on any atom is 0.227 e. The van der Waals surface area contributed by atoms with E-state index in [0.29, 0.717) is 36.2 Å². The molecule has 1 unspecified atom stereocenters. The molecule has 0 radical (unpaired) electrons. The average Bonchev–Trinajstić information content (AvgIpc) is 3.03. The molecule has 0 aliphatic carbocycles. The second kappa shape index (κ2) is 8.74. The van der Waals surface area contributed by atoms with E-state index < -0.39 is 0 Å². The highest BCUT2D eigenvalue weighted by Gasteiger charge is 2.25. The normalized spacial score (nSPS) is 16.7. The van der Waals surface area contributed by atoms with Crippen LogP contribution in [0.3, 0.4) is 0 Å². The van der Waals surface area contributed by atoms with Gasteiger partial charge in [0.15, 0.2) is 0 Å². The van der Waals surface area contributed by atoms with Gasteiger partial charge < -0.3 is 4.90 Å². The Kier molecular flexibility index (Phi) is 6.61. The van der Waals surface area contributed by atoms with E-state index in [0.717, 1.165) is 23.1 Å². The molecule has 8 heteroatoms. The number of hydrogen-bond donors (Lipinski definition) is 0. The highest BCUT2D eigenvalue weighted by molar-refractivity contribution is 9.10. The SMILES string of the molecule is CC(Cn1cc(Br)cn1)C(=O)N1CCN(Cc2c(Cl)cccc2Cl)CC1. The molecule has 3 rings (SSSR count). The number of piperazine rings is 1. The zero-order chi connectivity index (χ0) is 18.7. The molecule has 1 amide bonds. The van der Waals surface area contributed by atoms with E-state index in [-0.39, 0.29) is 11.8 Å². The van der Waals surface area contributed by atoms with Crippen LogP contribution < -0.4 is 0 Å². The summed E-state index contributed by atoms with van der Waals surface area (Å²) in [6, 6.07) is 5.57. The molecule has 1 saturated heterocycles. The topological polar surface area (TPSA) is 41.4 Å². The Morgan fingerprint density at radius 3 is 2.46 bits per heavy atom. The first kappa shape index (κ1) is 19.7. The number of benzene rings is 1. The third-order valence-corrected chi connectivity index (χ3v) is 5.73. The molecule has 140 valence electrons. The molecule has 26 heavy (non-hydrogen) atoms. The predicted octanol–water partition coefficient (Wildman–Crippen LogP) is 3.93. The van der Waals surface area contributed by atoms with Crippen LogP contribution >= 0.6 is 39.1 Å². The lowest BCUT2D eigenvalue weighted by Gasteiger charge is -2.36. The van der Waals surface area contributed by atoms with E-state index in [9.17, 15) is 4.79 Å². The van der Waals surface area contributed by atoms with Gasteiger partial charge in [0.05, 0.1) is 23.1 Å². The maximum absolute atomic E-state index is 12.7. The molecule has 2 aromatic rings. The Morgan fingerprint density at radius 2 is 1.88 bits per heavy atom. The summed E-state index contributed by atoms with van der Waals surface area (Å²) in [5, 5.41) is 5.60. The molecule has 0 bridgehead atoms. The van der Waals surface area contributed by atoms with Gasteiger partial charge in [-0.1, -0.05) is 36.2 Å². The first-order chi connectivity index (χ1) is 12.4. The number of halogens is 3. The van der Waals surface area contributed by atoms with Crippen molar-refractivity contribution in [3.63, 3.8) is 0 Å². The van der Waals surface area contributed by atoms with Gasteiger partial charge in [-0.15, -0.1) is 0 Å². The summed E-state index contributed by atoms with van der Waals surface area (Å²) in [4.78, 5) is 16.9. The molecule has 0 N–H and O–H groups in total. The van der Waals surface area contributed by atoms with Crippen molar-refractivity contribution in [3.8, 4) is 0 Å². The predicted molar refractivity (Wildman–Crippen MR) is 107 cm³/mol. The van der Waals surface area contributed by atoms with Crippen LogP contribution in [0.5, 0.6) is 0 Å². The monoisotopic (exact) mass is 458 g/mol. The fraction of sp³-hybridized carbons (Fsp3) is 0.444.